The number of hydrogen-bond donors (Lipinski definition) is 2. The van der Waals surface area contributed by atoms with Gasteiger partial charge in [-0.25, -0.2) is 0 Å². The van der Waals surface area contributed by atoms with E-state index in [1.807, 2.05) is 0 Å². The van der Waals surface area contributed by atoms with Gasteiger partial charge in [0.25, 0.3) is 5.24 Å². The Kier molecular flexibility index (Phi) is 3.07. The van der Waals surface area contributed by atoms with Crippen molar-refractivity contribution >= 4 is 22.9 Å². The summed E-state index contributed by atoms with van der Waals surface area (Å²) in [5.41, 5.74) is 5.13. The van der Waals surface area contributed by atoms with Crippen LogP contribution < -0.4 is 5.73 Å². The number of hydrogen-bond acceptors (Lipinski definition) is 5. The lowest BCUT2D eigenvalue weighted by atomic mass is 10.3. The zero-order valence-corrected chi connectivity index (χ0v) is 7.21. The summed E-state index contributed by atoms with van der Waals surface area (Å²) in [6.07, 6.45) is -0.809. The molecule has 1 saturated heterocycles. The molecule has 0 unspecified atom stereocenters. The molecule has 1 heterocycles. The van der Waals surface area contributed by atoms with Gasteiger partial charge in [-0.2, -0.15) is 0 Å². The summed E-state index contributed by atoms with van der Waals surface area (Å²) in [5, 5.41) is 8.77. The van der Waals surface area contributed by atoms with Gasteiger partial charge in [0.05, 0.1) is 18.4 Å². The van der Waals surface area contributed by atoms with Gasteiger partial charge in [0.2, 0.25) is 5.91 Å². The predicted octanol–water partition coefficient (Wildman–Crippen LogP) is -0.999. The predicted molar refractivity (Wildman–Crippen MR) is 44.6 cm³/mol. The van der Waals surface area contributed by atoms with Crippen molar-refractivity contribution in [1.82, 2.24) is 4.90 Å². The number of carbonyl (C=O) groups excluding carboxylic acids is 2. The van der Waals surface area contributed by atoms with Crippen LogP contribution in [0, 0.1) is 0 Å². The Bertz CT molecular complexity index is 193. The average molecular weight is 190 g/mol. The fraction of sp³-hybridized carbons (Fsp3) is 0.667. The molecule has 0 aromatic carbocycles. The van der Waals surface area contributed by atoms with E-state index in [-0.39, 0.29) is 30.0 Å². The fourth-order valence-corrected chi connectivity index (χ4v) is 1.58. The van der Waals surface area contributed by atoms with Gasteiger partial charge in [-0.15, -0.1) is 0 Å². The Morgan fingerprint density at radius 1 is 1.67 bits per heavy atom. The average Bonchev–Trinajstić information content (AvgIpc) is 2.35. The number of imide groups is 1. The van der Waals surface area contributed by atoms with E-state index in [9.17, 15) is 9.59 Å². The molecule has 1 rings (SSSR count). The molecule has 1 fully saturated rings. The number of nitrogens with two attached hydrogens (primary N) is 1. The zero-order valence-electron chi connectivity index (χ0n) is 6.40. The molecule has 0 saturated carbocycles. The molecule has 6 heteroatoms. The maximum absolute atomic E-state index is 11.0. The fourth-order valence-electron chi connectivity index (χ4n) is 0.843. The Labute approximate surface area is 73.9 Å². The molecule has 12 heavy (non-hydrogen) atoms. The molecule has 0 aliphatic carbocycles. The molecule has 5 nitrogen and oxygen atoms in total. The van der Waals surface area contributed by atoms with Crippen LogP contribution in [0.15, 0.2) is 0 Å². The highest BCUT2D eigenvalue weighted by Crippen LogP contribution is 2.18. The van der Waals surface area contributed by atoms with Crippen molar-refractivity contribution in [2.45, 2.75) is 6.10 Å². The van der Waals surface area contributed by atoms with Crippen LogP contribution in [0.5, 0.6) is 0 Å². The number of amides is 2. The van der Waals surface area contributed by atoms with Gasteiger partial charge in [-0.05, 0) is 0 Å². The molecule has 0 aromatic rings. The summed E-state index contributed by atoms with van der Waals surface area (Å²) in [5.74, 6) is -0.0756. The summed E-state index contributed by atoms with van der Waals surface area (Å²) in [7, 11) is 0. The maximum Gasteiger partial charge on any atom is 0.288 e. The summed E-state index contributed by atoms with van der Waals surface area (Å²) in [4.78, 5) is 23.0. The van der Waals surface area contributed by atoms with Crippen molar-refractivity contribution in [1.29, 1.82) is 0 Å². The van der Waals surface area contributed by atoms with Gasteiger partial charge in [0, 0.05) is 6.54 Å². The third-order valence-electron chi connectivity index (χ3n) is 1.51. The quantitative estimate of drug-likeness (QED) is 0.596. The minimum Gasteiger partial charge on any atom is -0.390 e. The second-order valence-electron chi connectivity index (χ2n) is 2.45. The molecular weight excluding hydrogens is 180 g/mol. The van der Waals surface area contributed by atoms with Crippen molar-refractivity contribution in [3.63, 3.8) is 0 Å². The minimum absolute atomic E-state index is 0.0150. The lowest BCUT2D eigenvalue weighted by molar-refractivity contribution is -0.125. The van der Waals surface area contributed by atoms with Gasteiger partial charge in [0.1, 0.15) is 0 Å². The van der Waals surface area contributed by atoms with Crippen molar-refractivity contribution in [2.24, 2.45) is 5.73 Å². The summed E-state index contributed by atoms with van der Waals surface area (Å²) in [6.45, 7) is 0.0723. The first kappa shape index (κ1) is 9.50. The van der Waals surface area contributed by atoms with Crippen LogP contribution in [-0.2, 0) is 4.79 Å². The van der Waals surface area contributed by atoms with E-state index in [0.29, 0.717) is 0 Å². The molecule has 0 aromatic heterocycles. The van der Waals surface area contributed by atoms with E-state index >= 15 is 0 Å². The Hall–Kier alpha value is -0.590. The lowest BCUT2D eigenvalue weighted by Crippen LogP contribution is -2.39. The number of carbonyl (C=O) groups is 2. The highest BCUT2D eigenvalue weighted by molar-refractivity contribution is 8.14. The monoisotopic (exact) mass is 190 g/mol. The molecule has 1 aliphatic rings. The first-order chi connectivity index (χ1) is 5.65. The molecule has 68 valence electrons. The van der Waals surface area contributed by atoms with Crippen LogP contribution in [0.1, 0.15) is 0 Å². The van der Waals surface area contributed by atoms with Crippen LogP contribution in [0.25, 0.3) is 0 Å². The van der Waals surface area contributed by atoms with Crippen LogP contribution in [0.3, 0.4) is 0 Å². The second-order valence-corrected chi connectivity index (χ2v) is 3.38. The van der Waals surface area contributed by atoms with E-state index in [1.54, 1.807) is 0 Å². The third kappa shape index (κ3) is 1.96. The smallest absolute Gasteiger partial charge is 0.288 e. The molecular formula is C6H10N2O3S. The van der Waals surface area contributed by atoms with Gasteiger partial charge in [-0.3, -0.25) is 14.5 Å². The van der Waals surface area contributed by atoms with Crippen LogP contribution in [0.4, 0.5) is 4.79 Å². The second kappa shape index (κ2) is 3.88. The minimum atomic E-state index is -0.809. The molecule has 0 spiro atoms. The van der Waals surface area contributed by atoms with Crippen molar-refractivity contribution in [2.75, 3.05) is 18.8 Å². The van der Waals surface area contributed by atoms with E-state index in [1.165, 1.54) is 0 Å². The molecule has 1 atom stereocenters. The number of thioether (sulfide) groups is 1. The Morgan fingerprint density at radius 2 is 2.33 bits per heavy atom. The van der Waals surface area contributed by atoms with Crippen LogP contribution in [-0.4, -0.2) is 46.1 Å². The van der Waals surface area contributed by atoms with Gasteiger partial charge in [-0.1, -0.05) is 11.8 Å². The number of β-amino-alcohol motifs (C(OH)–C–C–N with tert-alkyl or cyclic N) is 1. The Morgan fingerprint density at radius 3 is 2.75 bits per heavy atom. The van der Waals surface area contributed by atoms with Gasteiger partial charge < -0.3 is 10.8 Å². The van der Waals surface area contributed by atoms with Gasteiger partial charge in [0.15, 0.2) is 0 Å². The normalized spacial score (nSPS) is 20.3. The SMILES string of the molecule is NC[C@H](O)CN1C(=O)CSC1=O. The largest absolute Gasteiger partial charge is 0.390 e. The van der Waals surface area contributed by atoms with Gasteiger partial charge >= 0.3 is 0 Å². The van der Waals surface area contributed by atoms with E-state index < -0.39 is 6.10 Å². The molecule has 2 amide bonds. The number of nitrogens with zero attached hydrogens (tertiary/aromatic N) is 1. The highest BCUT2D eigenvalue weighted by atomic mass is 32.2. The molecule has 1 aliphatic heterocycles. The first-order valence-corrected chi connectivity index (χ1v) is 4.49. The van der Waals surface area contributed by atoms with Crippen molar-refractivity contribution in [3.05, 3.63) is 0 Å². The Balaban J connectivity index is 2.50. The molecule has 0 radical (unpaired) electrons. The summed E-state index contributed by atoms with van der Waals surface area (Å²) in [6, 6.07) is 0. The van der Waals surface area contributed by atoms with Crippen molar-refractivity contribution < 1.29 is 14.7 Å². The molecule has 0 bridgehead atoms. The summed E-state index contributed by atoms with van der Waals surface area (Å²) < 4.78 is 0. The lowest BCUT2D eigenvalue weighted by Gasteiger charge is -2.15. The number of rotatable bonds is 3. The number of aliphatic hydroxyl groups is 1. The van der Waals surface area contributed by atoms with Crippen molar-refractivity contribution in [3.8, 4) is 0 Å². The standard InChI is InChI=1S/C6H10N2O3S/c7-1-4(9)2-8-5(10)3-12-6(8)11/h4,9H,1-3,7H2/t4-/m0/s1. The number of aliphatic hydroxyl groups excluding tert-OH is 1. The topological polar surface area (TPSA) is 83.6 Å². The summed E-state index contributed by atoms with van der Waals surface area (Å²) >= 11 is 0.951. The van der Waals surface area contributed by atoms with E-state index in [0.717, 1.165) is 16.7 Å². The first-order valence-electron chi connectivity index (χ1n) is 3.50. The third-order valence-corrected chi connectivity index (χ3v) is 2.36. The molecule has 3 N–H and O–H groups in total. The van der Waals surface area contributed by atoms with Crippen LogP contribution >= 0.6 is 11.8 Å². The highest BCUT2D eigenvalue weighted by Gasteiger charge is 2.30. The maximum atomic E-state index is 11.0. The van der Waals surface area contributed by atoms with E-state index in [4.69, 9.17) is 10.8 Å². The van der Waals surface area contributed by atoms with Crippen LogP contribution in [0.2, 0.25) is 0 Å². The van der Waals surface area contributed by atoms with E-state index in [2.05, 4.69) is 0 Å². The zero-order chi connectivity index (χ0) is 9.14.